The largest absolute Gasteiger partial charge is 0.423 e. The predicted molar refractivity (Wildman–Crippen MR) is 232 cm³/mol. The summed E-state index contributed by atoms with van der Waals surface area (Å²) in [5.41, 5.74) is 3.43. The summed E-state index contributed by atoms with van der Waals surface area (Å²) in [5, 5.41) is 17.9. The first kappa shape index (κ1) is 37.4. The minimum absolute atomic E-state index is 0.0305. The Hall–Kier alpha value is -6.20. The van der Waals surface area contributed by atoms with Crippen molar-refractivity contribution in [3.63, 3.8) is 0 Å². The molecule has 2 unspecified atom stereocenters. The van der Waals surface area contributed by atoms with Crippen LogP contribution in [0.4, 0.5) is 11.4 Å². The molecule has 0 saturated heterocycles. The van der Waals surface area contributed by atoms with Crippen molar-refractivity contribution in [2.24, 2.45) is 0 Å². The van der Waals surface area contributed by atoms with Crippen LogP contribution in [0.15, 0.2) is 170 Å². The standard InChI is InChI=1S/C42H26Br2N6O6S2/c43-26-10-5-8-24(19-26)36(49-41(57)55-38(47-49)31-22-35(51)53-34-14-4-2-12-30(31)34)45-28-15-17-29(18-16-28)46-37(25-9-6-11-27(44)20-25)50-42(58)56-39(48-50)32-21-23-7-1-3-13-33(23)54-40(32)52/h1-22,36-37,45-46H. The van der Waals surface area contributed by atoms with E-state index in [0.29, 0.717) is 22.1 Å². The van der Waals surface area contributed by atoms with Gasteiger partial charge in [0.2, 0.25) is 5.89 Å². The molecule has 0 amide bonds. The van der Waals surface area contributed by atoms with E-state index in [-0.39, 0.29) is 27.0 Å². The maximum Gasteiger partial charge on any atom is 0.349 e. The number of nitrogens with zero attached hydrogens (tertiary/aromatic N) is 4. The molecule has 0 aliphatic heterocycles. The fraction of sp³-hybridized carbons (Fsp3) is 0.0476. The number of halogens is 2. The minimum Gasteiger partial charge on any atom is -0.423 e. The van der Waals surface area contributed by atoms with Crippen molar-refractivity contribution in [3.8, 4) is 22.9 Å². The monoisotopic (exact) mass is 932 g/mol. The van der Waals surface area contributed by atoms with Crippen LogP contribution in [0.25, 0.3) is 44.8 Å². The van der Waals surface area contributed by atoms with Crippen molar-refractivity contribution in [2.45, 2.75) is 12.3 Å². The van der Waals surface area contributed by atoms with Crippen LogP contribution in [-0.2, 0) is 0 Å². The van der Waals surface area contributed by atoms with E-state index in [1.165, 1.54) is 10.7 Å². The van der Waals surface area contributed by atoms with Gasteiger partial charge in [-0.2, -0.15) is 9.36 Å². The summed E-state index contributed by atoms with van der Waals surface area (Å²) in [7, 11) is 0. The first-order valence-electron chi connectivity index (χ1n) is 17.6. The second kappa shape index (κ2) is 15.6. The summed E-state index contributed by atoms with van der Waals surface area (Å²) in [6, 6.07) is 40.4. The number of para-hydroxylation sites is 2. The van der Waals surface area contributed by atoms with Gasteiger partial charge in [-0.1, -0.05) is 92.5 Å². The molecule has 0 saturated carbocycles. The molecule has 16 heteroatoms. The Kier molecular flexibility index (Phi) is 10.1. The topological polar surface area (TPSA) is 146 Å². The van der Waals surface area contributed by atoms with E-state index in [1.54, 1.807) is 35.0 Å². The highest BCUT2D eigenvalue weighted by molar-refractivity contribution is 9.10. The van der Waals surface area contributed by atoms with Gasteiger partial charge in [0.15, 0.2) is 12.3 Å². The molecule has 12 nitrogen and oxygen atoms in total. The first-order valence-corrected chi connectivity index (χ1v) is 20.0. The minimum atomic E-state index is -0.647. The van der Waals surface area contributed by atoms with Gasteiger partial charge in [0.25, 0.3) is 15.6 Å². The van der Waals surface area contributed by atoms with Gasteiger partial charge in [0.05, 0.1) is 5.56 Å². The van der Waals surface area contributed by atoms with E-state index in [9.17, 15) is 9.59 Å². The summed E-state index contributed by atoms with van der Waals surface area (Å²) >= 11 is 18.6. The Labute approximate surface area is 354 Å². The first-order chi connectivity index (χ1) is 28.2. The summed E-state index contributed by atoms with van der Waals surface area (Å²) in [6.07, 6.45) is -1.27. The van der Waals surface area contributed by atoms with E-state index < -0.39 is 23.6 Å². The zero-order valence-electron chi connectivity index (χ0n) is 29.7. The second-order valence-electron chi connectivity index (χ2n) is 13.0. The lowest BCUT2D eigenvalue weighted by molar-refractivity contribution is 0.494. The third kappa shape index (κ3) is 7.49. The van der Waals surface area contributed by atoms with Gasteiger partial charge < -0.3 is 28.3 Å². The Bertz CT molecular complexity index is 3240. The van der Waals surface area contributed by atoms with Crippen molar-refractivity contribution in [2.75, 3.05) is 10.6 Å². The second-order valence-corrected chi connectivity index (χ2v) is 15.5. The molecule has 5 aromatic carbocycles. The Balaban J connectivity index is 1.05. The van der Waals surface area contributed by atoms with E-state index in [2.05, 4.69) is 47.6 Å². The molecular formula is C42H26Br2N6O6S2. The fourth-order valence-corrected chi connectivity index (χ4v) is 7.81. The van der Waals surface area contributed by atoms with Crippen LogP contribution >= 0.6 is 56.3 Å². The van der Waals surface area contributed by atoms with Gasteiger partial charge in [-0.25, -0.2) is 9.59 Å². The number of benzene rings is 5. The number of fused-ring (bicyclic) bond motifs is 2. The molecule has 9 aromatic rings. The molecule has 0 aliphatic carbocycles. The smallest absolute Gasteiger partial charge is 0.349 e. The molecule has 2 N–H and O–H groups in total. The molecule has 58 heavy (non-hydrogen) atoms. The van der Waals surface area contributed by atoms with Crippen molar-refractivity contribution in [1.29, 1.82) is 0 Å². The van der Waals surface area contributed by atoms with Crippen molar-refractivity contribution in [3.05, 3.63) is 184 Å². The summed E-state index contributed by atoms with van der Waals surface area (Å²) in [5.74, 6) is 0.202. The van der Waals surface area contributed by atoms with E-state index >= 15 is 0 Å². The van der Waals surface area contributed by atoms with Crippen molar-refractivity contribution >= 4 is 89.6 Å². The summed E-state index contributed by atoms with van der Waals surface area (Å²) in [4.78, 5) is 25.6. The molecule has 0 radical (unpaired) electrons. The van der Waals surface area contributed by atoms with Gasteiger partial charge >= 0.3 is 11.3 Å². The normalized spacial score (nSPS) is 12.4. The quantitative estimate of drug-likeness (QED) is 0.0994. The van der Waals surface area contributed by atoms with Crippen LogP contribution in [-0.4, -0.2) is 19.6 Å². The van der Waals surface area contributed by atoms with Crippen molar-refractivity contribution < 1.29 is 17.7 Å². The summed E-state index contributed by atoms with van der Waals surface area (Å²) in [6.45, 7) is 0. The predicted octanol–water partition coefficient (Wildman–Crippen LogP) is 11.1. The summed E-state index contributed by atoms with van der Waals surface area (Å²) < 4.78 is 27.7. The average molecular weight is 935 g/mol. The molecular weight excluding hydrogens is 908 g/mol. The van der Waals surface area contributed by atoms with Gasteiger partial charge in [0, 0.05) is 37.2 Å². The number of anilines is 2. The molecule has 0 fully saturated rings. The Morgan fingerprint density at radius 1 is 0.552 bits per heavy atom. The zero-order valence-corrected chi connectivity index (χ0v) is 34.5. The zero-order chi connectivity index (χ0) is 39.9. The lowest BCUT2D eigenvalue weighted by Crippen LogP contribution is -2.22. The lowest BCUT2D eigenvalue weighted by atomic mass is 10.1. The lowest BCUT2D eigenvalue weighted by Gasteiger charge is -2.22. The highest BCUT2D eigenvalue weighted by Gasteiger charge is 2.24. The third-order valence-corrected chi connectivity index (χ3v) is 10.7. The molecule has 4 heterocycles. The van der Waals surface area contributed by atoms with E-state index in [1.807, 2.05) is 97.1 Å². The Morgan fingerprint density at radius 3 is 1.67 bits per heavy atom. The van der Waals surface area contributed by atoms with E-state index in [4.69, 9.17) is 47.2 Å². The highest BCUT2D eigenvalue weighted by Crippen LogP contribution is 2.32. The highest BCUT2D eigenvalue weighted by atomic mass is 79.9. The van der Waals surface area contributed by atoms with Gasteiger partial charge in [-0.15, -0.1) is 10.2 Å². The van der Waals surface area contributed by atoms with Crippen molar-refractivity contribution in [1.82, 2.24) is 19.6 Å². The van der Waals surface area contributed by atoms with Crippen LogP contribution in [0.1, 0.15) is 23.5 Å². The number of hydrogen-bond donors (Lipinski definition) is 2. The Morgan fingerprint density at radius 2 is 1.09 bits per heavy atom. The number of nitrogens with one attached hydrogen (secondary N) is 2. The molecule has 9 rings (SSSR count). The molecule has 0 spiro atoms. The van der Waals surface area contributed by atoms with Crippen LogP contribution in [0, 0.1) is 9.67 Å². The van der Waals surface area contributed by atoms with Crippen LogP contribution in [0.5, 0.6) is 0 Å². The number of aromatic nitrogens is 4. The maximum atomic E-state index is 13.0. The molecule has 0 bridgehead atoms. The van der Waals surface area contributed by atoms with Gasteiger partial charge in [-0.05, 0) is 102 Å². The average Bonchev–Trinajstić information content (AvgIpc) is 3.80. The number of rotatable bonds is 10. The SMILES string of the molecule is O=c1cc(-c2nn(C(Nc3ccc(NC(c4cccc(Br)c4)n4nc(-c5cc6ccccc6oc5=O)oc4=S)cc3)c3cccc(Br)c3)c(=S)o2)c2ccccc2o1. The number of hydrogen-bond acceptors (Lipinski definition) is 12. The molecule has 4 aromatic heterocycles. The fourth-order valence-electron chi connectivity index (χ4n) is 6.52. The van der Waals surface area contributed by atoms with Crippen LogP contribution in [0.3, 0.4) is 0 Å². The maximum absolute atomic E-state index is 13.0. The van der Waals surface area contributed by atoms with Crippen LogP contribution in [0.2, 0.25) is 0 Å². The molecule has 286 valence electrons. The van der Waals surface area contributed by atoms with Crippen LogP contribution < -0.4 is 21.9 Å². The van der Waals surface area contributed by atoms with Gasteiger partial charge in [0.1, 0.15) is 16.7 Å². The van der Waals surface area contributed by atoms with E-state index in [0.717, 1.165) is 36.8 Å². The van der Waals surface area contributed by atoms with Gasteiger partial charge in [-0.3, -0.25) is 0 Å². The molecule has 0 aliphatic rings. The molecule has 2 atom stereocenters. The third-order valence-electron chi connectivity index (χ3n) is 9.20.